The number of amides is 1. The molecule has 1 atom stereocenters. The van der Waals surface area contributed by atoms with E-state index in [0.717, 1.165) is 10.7 Å². The summed E-state index contributed by atoms with van der Waals surface area (Å²) in [7, 11) is -3.02. The summed E-state index contributed by atoms with van der Waals surface area (Å²) in [6.07, 6.45) is -3.47. The standard InChI is InChI=1S/C19H17F3N4O4S/c1-30-15-5-3-2-4-13(15)17(18(23)27)11-6-7-14(16(8-11)31(24,28)29)26-10-12(9-25-26)19(20,21)22/h2-10,17H,1H3,(H2,23,27)(H2,24,28,29). The number of halogens is 3. The number of primary amides is 1. The van der Waals surface area contributed by atoms with Crippen LogP contribution in [-0.4, -0.2) is 31.2 Å². The van der Waals surface area contributed by atoms with Gasteiger partial charge in [0.15, 0.2) is 0 Å². The first-order valence-electron chi connectivity index (χ1n) is 8.64. The molecule has 0 aliphatic heterocycles. The zero-order valence-corrected chi connectivity index (χ0v) is 16.8. The van der Waals surface area contributed by atoms with E-state index in [0.29, 0.717) is 23.7 Å². The lowest BCUT2D eigenvalue weighted by Gasteiger charge is -2.19. The molecule has 12 heteroatoms. The summed E-state index contributed by atoms with van der Waals surface area (Å²) < 4.78 is 69.1. The van der Waals surface area contributed by atoms with Crippen molar-refractivity contribution in [2.45, 2.75) is 17.0 Å². The van der Waals surface area contributed by atoms with E-state index < -0.39 is 38.5 Å². The maximum absolute atomic E-state index is 12.9. The van der Waals surface area contributed by atoms with Crippen molar-refractivity contribution in [3.05, 3.63) is 71.5 Å². The second-order valence-corrected chi connectivity index (χ2v) is 8.05. The Balaban J connectivity index is 2.20. The number of methoxy groups -OCH3 is 1. The van der Waals surface area contributed by atoms with Gasteiger partial charge in [0.25, 0.3) is 0 Å². The van der Waals surface area contributed by atoms with Crippen molar-refractivity contribution in [1.29, 1.82) is 0 Å². The van der Waals surface area contributed by atoms with Gasteiger partial charge in [-0.2, -0.15) is 18.3 Å². The minimum Gasteiger partial charge on any atom is -0.496 e. The molecule has 1 heterocycles. The minimum atomic E-state index is -4.67. The predicted molar refractivity (Wildman–Crippen MR) is 104 cm³/mol. The largest absolute Gasteiger partial charge is 0.496 e. The SMILES string of the molecule is COc1ccccc1C(C(N)=O)c1ccc(-n2cc(C(F)(F)F)cn2)c(S(N)(=O)=O)c1. The van der Waals surface area contributed by atoms with Crippen LogP contribution >= 0.6 is 0 Å². The number of hydrogen-bond acceptors (Lipinski definition) is 5. The number of sulfonamides is 1. The van der Waals surface area contributed by atoms with Crippen LogP contribution in [0.1, 0.15) is 22.6 Å². The number of benzene rings is 2. The molecule has 1 aromatic heterocycles. The zero-order chi connectivity index (χ0) is 23.0. The van der Waals surface area contributed by atoms with Crippen LogP contribution in [0.5, 0.6) is 5.75 Å². The molecule has 0 fully saturated rings. The zero-order valence-electron chi connectivity index (χ0n) is 16.0. The number of ether oxygens (including phenoxy) is 1. The number of carbonyl (C=O) groups excluding carboxylic acids is 1. The second-order valence-electron chi connectivity index (χ2n) is 6.52. The van der Waals surface area contributed by atoms with Gasteiger partial charge in [-0.15, -0.1) is 0 Å². The van der Waals surface area contributed by atoms with E-state index in [9.17, 15) is 26.4 Å². The third-order valence-corrected chi connectivity index (χ3v) is 5.45. The third-order valence-electron chi connectivity index (χ3n) is 4.51. The minimum absolute atomic E-state index is 0.160. The third kappa shape index (κ3) is 4.54. The molecule has 3 aromatic rings. The van der Waals surface area contributed by atoms with Crippen molar-refractivity contribution in [3.63, 3.8) is 0 Å². The van der Waals surface area contributed by atoms with E-state index in [4.69, 9.17) is 15.6 Å². The predicted octanol–water partition coefficient (Wildman–Crippen LogP) is 2.16. The molecule has 3 rings (SSSR count). The van der Waals surface area contributed by atoms with Gasteiger partial charge in [0.1, 0.15) is 10.6 Å². The molecular weight excluding hydrogens is 437 g/mol. The number of nitrogens with zero attached hydrogens (tertiary/aromatic N) is 2. The van der Waals surface area contributed by atoms with Crippen molar-refractivity contribution in [2.75, 3.05) is 7.11 Å². The fourth-order valence-electron chi connectivity index (χ4n) is 3.13. The lowest BCUT2D eigenvalue weighted by molar-refractivity contribution is -0.137. The van der Waals surface area contributed by atoms with Crippen LogP contribution in [0.25, 0.3) is 5.69 Å². The normalized spacial score (nSPS) is 13.1. The van der Waals surface area contributed by atoms with Gasteiger partial charge in [0, 0.05) is 11.8 Å². The number of para-hydroxylation sites is 1. The Kier molecular flexibility index (Phi) is 5.79. The average molecular weight is 454 g/mol. The first kappa shape index (κ1) is 22.3. The molecule has 0 saturated heterocycles. The number of primary sulfonamides is 1. The topological polar surface area (TPSA) is 130 Å². The molecule has 0 aliphatic carbocycles. The molecule has 1 unspecified atom stereocenters. The monoisotopic (exact) mass is 454 g/mol. The molecule has 164 valence electrons. The summed E-state index contributed by atoms with van der Waals surface area (Å²) in [6.45, 7) is 0. The van der Waals surface area contributed by atoms with Gasteiger partial charge in [-0.25, -0.2) is 18.2 Å². The molecule has 0 spiro atoms. The van der Waals surface area contributed by atoms with Crippen LogP contribution in [0, 0.1) is 0 Å². The fourth-order valence-corrected chi connectivity index (χ4v) is 3.88. The number of alkyl halides is 3. The molecular formula is C19H17F3N4O4S. The fraction of sp³-hybridized carbons (Fsp3) is 0.158. The van der Waals surface area contributed by atoms with Crippen molar-refractivity contribution in [1.82, 2.24) is 9.78 Å². The molecule has 0 radical (unpaired) electrons. The Morgan fingerprint density at radius 1 is 1.19 bits per heavy atom. The average Bonchev–Trinajstić information content (AvgIpc) is 3.18. The Hall–Kier alpha value is -3.38. The highest BCUT2D eigenvalue weighted by molar-refractivity contribution is 7.89. The molecule has 0 saturated carbocycles. The van der Waals surface area contributed by atoms with Crippen molar-refractivity contribution in [3.8, 4) is 11.4 Å². The van der Waals surface area contributed by atoms with Gasteiger partial charge in [0.2, 0.25) is 15.9 Å². The first-order chi connectivity index (χ1) is 14.4. The first-order valence-corrected chi connectivity index (χ1v) is 10.2. The van der Waals surface area contributed by atoms with E-state index >= 15 is 0 Å². The summed E-state index contributed by atoms with van der Waals surface area (Å²) >= 11 is 0. The van der Waals surface area contributed by atoms with Crippen molar-refractivity contribution in [2.24, 2.45) is 10.9 Å². The van der Waals surface area contributed by atoms with Gasteiger partial charge in [0.05, 0.1) is 30.5 Å². The molecule has 0 bridgehead atoms. The van der Waals surface area contributed by atoms with Gasteiger partial charge in [-0.3, -0.25) is 4.79 Å². The maximum atomic E-state index is 12.9. The van der Waals surface area contributed by atoms with Gasteiger partial charge < -0.3 is 10.5 Å². The summed E-state index contributed by atoms with van der Waals surface area (Å²) in [5, 5.41) is 8.88. The van der Waals surface area contributed by atoms with Gasteiger partial charge in [-0.1, -0.05) is 24.3 Å². The number of rotatable bonds is 6. The quantitative estimate of drug-likeness (QED) is 0.590. The van der Waals surface area contributed by atoms with E-state index in [1.54, 1.807) is 24.3 Å². The smallest absolute Gasteiger partial charge is 0.419 e. The summed E-state index contributed by atoms with van der Waals surface area (Å²) in [4.78, 5) is 11.7. The number of hydrogen-bond donors (Lipinski definition) is 2. The van der Waals surface area contributed by atoms with Crippen LogP contribution < -0.4 is 15.6 Å². The van der Waals surface area contributed by atoms with E-state index in [1.165, 1.54) is 19.2 Å². The molecule has 31 heavy (non-hydrogen) atoms. The van der Waals surface area contributed by atoms with Crippen molar-refractivity contribution >= 4 is 15.9 Å². The van der Waals surface area contributed by atoms with Crippen LogP contribution in [0.4, 0.5) is 13.2 Å². The van der Waals surface area contributed by atoms with E-state index in [2.05, 4.69) is 5.10 Å². The molecule has 1 amide bonds. The highest BCUT2D eigenvalue weighted by atomic mass is 32.2. The summed E-state index contributed by atoms with van der Waals surface area (Å²) in [5.74, 6) is -1.56. The van der Waals surface area contributed by atoms with Crippen molar-refractivity contribution < 1.29 is 31.1 Å². The van der Waals surface area contributed by atoms with E-state index in [-0.39, 0.29) is 11.3 Å². The van der Waals surface area contributed by atoms with Gasteiger partial charge in [-0.05, 0) is 23.8 Å². The highest BCUT2D eigenvalue weighted by Crippen LogP contribution is 2.35. The highest BCUT2D eigenvalue weighted by Gasteiger charge is 2.33. The molecule has 0 aliphatic rings. The lowest BCUT2D eigenvalue weighted by Crippen LogP contribution is -2.24. The van der Waals surface area contributed by atoms with E-state index in [1.807, 2.05) is 0 Å². The number of carbonyl (C=O) groups is 1. The molecule has 8 nitrogen and oxygen atoms in total. The Bertz CT molecular complexity index is 1240. The Labute approximate surface area is 175 Å². The Morgan fingerprint density at radius 3 is 2.42 bits per heavy atom. The lowest BCUT2D eigenvalue weighted by atomic mass is 9.90. The summed E-state index contributed by atoms with van der Waals surface area (Å²) in [5.41, 5.74) is 4.82. The van der Waals surface area contributed by atoms with Crippen LogP contribution in [0.2, 0.25) is 0 Å². The Morgan fingerprint density at radius 2 is 1.87 bits per heavy atom. The second kappa shape index (κ2) is 8.04. The number of aromatic nitrogens is 2. The van der Waals surface area contributed by atoms with Crippen LogP contribution in [0.15, 0.2) is 59.8 Å². The molecule has 2 aromatic carbocycles. The van der Waals surface area contributed by atoms with Crippen LogP contribution in [-0.2, 0) is 21.0 Å². The molecule has 4 N–H and O–H groups in total. The number of nitrogens with two attached hydrogens (primary N) is 2. The van der Waals surface area contributed by atoms with Gasteiger partial charge >= 0.3 is 6.18 Å². The van der Waals surface area contributed by atoms with Crippen LogP contribution in [0.3, 0.4) is 0 Å². The summed E-state index contributed by atoms with van der Waals surface area (Å²) in [6, 6.07) is 10.2. The maximum Gasteiger partial charge on any atom is 0.419 e.